The lowest BCUT2D eigenvalue weighted by molar-refractivity contribution is -0.134. The lowest BCUT2D eigenvalue weighted by atomic mass is 9.99. The van der Waals surface area contributed by atoms with Gasteiger partial charge in [0.1, 0.15) is 12.7 Å². The summed E-state index contributed by atoms with van der Waals surface area (Å²) in [5, 5.41) is 3.91. The van der Waals surface area contributed by atoms with Gasteiger partial charge >= 0.3 is 12.1 Å². The van der Waals surface area contributed by atoms with Crippen molar-refractivity contribution < 1.29 is 32.3 Å². The topological polar surface area (TPSA) is 57.1 Å². The highest BCUT2D eigenvalue weighted by Gasteiger charge is 2.29. The maximum absolute atomic E-state index is 12.9. The number of hydrogen-bond donors (Lipinski definition) is 0. The van der Waals surface area contributed by atoms with Crippen LogP contribution in [0.4, 0.5) is 13.2 Å². The van der Waals surface area contributed by atoms with Gasteiger partial charge in [-0.25, -0.2) is 4.79 Å². The molecule has 2 aromatic carbocycles. The Bertz CT molecular complexity index is 908. The molecule has 0 bridgehead atoms. The SMILES string of the molecule is COC(=O)/C(=C/C(F)(F)F)c1ccccc1CO/C(C)=N\OC(C)c1ccccc1. The molecule has 0 N–H and O–H groups in total. The first-order valence-electron chi connectivity index (χ1n) is 9.05. The molecule has 2 rings (SSSR count). The summed E-state index contributed by atoms with van der Waals surface area (Å²) in [7, 11) is 1.02. The van der Waals surface area contributed by atoms with E-state index in [2.05, 4.69) is 9.89 Å². The number of hydrogen-bond acceptors (Lipinski definition) is 5. The van der Waals surface area contributed by atoms with Crippen LogP contribution in [0, 0.1) is 0 Å². The van der Waals surface area contributed by atoms with Crippen LogP contribution in [0.5, 0.6) is 0 Å². The molecule has 0 spiro atoms. The second-order valence-corrected chi connectivity index (χ2v) is 6.31. The first kappa shape index (κ1) is 23.0. The van der Waals surface area contributed by atoms with E-state index in [4.69, 9.17) is 9.57 Å². The molecule has 2 aromatic rings. The number of methoxy groups -OCH3 is 1. The van der Waals surface area contributed by atoms with Gasteiger partial charge in [-0.3, -0.25) is 0 Å². The van der Waals surface area contributed by atoms with Gasteiger partial charge in [0.15, 0.2) is 0 Å². The van der Waals surface area contributed by atoms with E-state index >= 15 is 0 Å². The molecule has 0 heterocycles. The summed E-state index contributed by atoms with van der Waals surface area (Å²) < 4.78 is 48.7. The minimum Gasteiger partial charge on any atom is -0.474 e. The molecule has 0 saturated heterocycles. The molecule has 30 heavy (non-hydrogen) atoms. The predicted molar refractivity (Wildman–Crippen MR) is 106 cm³/mol. The van der Waals surface area contributed by atoms with Gasteiger partial charge in [0.2, 0.25) is 5.90 Å². The Morgan fingerprint density at radius 3 is 2.37 bits per heavy atom. The van der Waals surface area contributed by atoms with E-state index in [0.717, 1.165) is 12.7 Å². The number of ether oxygens (including phenoxy) is 2. The van der Waals surface area contributed by atoms with Crippen LogP contribution in [0.2, 0.25) is 0 Å². The number of allylic oxidation sites excluding steroid dienone is 1. The van der Waals surface area contributed by atoms with E-state index in [0.29, 0.717) is 5.56 Å². The van der Waals surface area contributed by atoms with Gasteiger partial charge in [0.05, 0.1) is 12.7 Å². The third-order valence-corrected chi connectivity index (χ3v) is 4.07. The Morgan fingerprint density at radius 1 is 1.10 bits per heavy atom. The Hall–Kier alpha value is -3.29. The van der Waals surface area contributed by atoms with Gasteiger partial charge in [-0.05, 0) is 23.6 Å². The lowest BCUT2D eigenvalue weighted by Crippen LogP contribution is -2.12. The number of benzene rings is 2. The zero-order valence-electron chi connectivity index (χ0n) is 16.8. The van der Waals surface area contributed by atoms with Crippen molar-refractivity contribution in [3.63, 3.8) is 0 Å². The average Bonchev–Trinajstić information content (AvgIpc) is 2.74. The molecule has 8 heteroatoms. The van der Waals surface area contributed by atoms with Gasteiger partial charge < -0.3 is 14.3 Å². The maximum Gasteiger partial charge on any atom is 0.410 e. The molecule has 1 atom stereocenters. The molecule has 0 amide bonds. The van der Waals surface area contributed by atoms with Gasteiger partial charge in [-0.2, -0.15) is 13.2 Å². The minimum absolute atomic E-state index is 0.0630. The van der Waals surface area contributed by atoms with E-state index in [1.807, 2.05) is 37.3 Å². The molecule has 0 aliphatic carbocycles. The van der Waals surface area contributed by atoms with Crippen LogP contribution in [-0.2, 0) is 25.7 Å². The van der Waals surface area contributed by atoms with Gasteiger partial charge in [0, 0.05) is 13.0 Å². The monoisotopic (exact) mass is 421 g/mol. The number of alkyl halides is 3. The molecule has 0 fully saturated rings. The molecule has 0 saturated carbocycles. The fourth-order valence-corrected chi connectivity index (χ4v) is 2.58. The summed E-state index contributed by atoms with van der Waals surface area (Å²) in [6, 6.07) is 15.6. The summed E-state index contributed by atoms with van der Waals surface area (Å²) >= 11 is 0. The minimum atomic E-state index is -4.68. The Kier molecular flexibility index (Phi) is 8.03. The van der Waals surface area contributed by atoms with E-state index in [1.54, 1.807) is 19.1 Å². The number of halogens is 3. The molecule has 160 valence electrons. The summed E-state index contributed by atoms with van der Waals surface area (Å²) in [5.41, 5.74) is 0.754. The summed E-state index contributed by atoms with van der Waals surface area (Å²) in [5.74, 6) is -0.905. The third kappa shape index (κ3) is 6.95. The van der Waals surface area contributed by atoms with Crippen LogP contribution in [0.3, 0.4) is 0 Å². The van der Waals surface area contributed by atoms with E-state index in [-0.39, 0.29) is 30.2 Å². The maximum atomic E-state index is 12.9. The predicted octanol–water partition coefficient (Wildman–Crippen LogP) is 5.43. The van der Waals surface area contributed by atoms with Crippen LogP contribution >= 0.6 is 0 Å². The average molecular weight is 421 g/mol. The molecule has 5 nitrogen and oxygen atoms in total. The molecular formula is C22H22F3NO4. The number of carbonyl (C=O) groups excluding carboxylic acids is 1. The highest BCUT2D eigenvalue weighted by Crippen LogP contribution is 2.27. The molecule has 1 unspecified atom stereocenters. The van der Waals surface area contributed by atoms with Crippen molar-refractivity contribution in [2.45, 2.75) is 32.7 Å². The van der Waals surface area contributed by atoms with Crippen molar-refractivity contribution in [2.24, 2.45) is 5.16 Å². The van der Waals surface area contributed by atoms with Crippen molar-refractivity contribution in [3.8, 4) is 0 Å². The fraction of sp³-hybridized carbons (Fsp3) is 0.273. The second kappa shape index (κ2) is 10.5. The molecule has 0 radical (unpaired) electrons. The Balaban J connectivity index is 2.14. The largest absolute Gasteiger partial charge is 0.474 e. The zero-order chi connectivity index (χ0) is 22.1. The number of carbonyl (C=O) groups is 1. The highest BCUT2D eigenvalue weighted by molar-refractivity contribution is 6.17. The van der Waals surface area contributed by atoms with Crippen LogP contribution in [0.25, 0.3) is 5.57 Å². The highest BCUT2D eigenvalue weighted by atomic mass is 19.4. The second-order valence-electron chi connectivity index (χ2n) is 6.31. The summed E-state index contributed by atoms with van der Waals surface area (Å²) in [6.45, 7) is 3.28. The van der Waals surface area contributed by atoms with Gasteiger partial charge in [0.25, 0.3) is 0 Å². The first-order chi connectivity index (χ1) is 14.2. The van der Waals surface area contributed by atoms with Gasteiger partial charge in [-0.15, -0.1) is 0 Å². The lowest BCUT2D eigenvalue weighted by Gasteiger charge is -2.14. The first-order valence-corrected chi connectivity index (χ1v) is 9.05. The van der Waals surface area contributed by atoms with E-state index in [1.165, 1.54) is 12.1 Å². The summed E-state index contributed by atoms with van der Waals surface area (Å²) in [6.07, 6.45) is -5.07. The summed E-state index contributed by atoms with van der Waals surface area (Å²) in [4.78, 5) is 17.3. The quantitative estimate of drug-likeness (QED) is 0.197. The number of nitrogens with zero attached hydrogens (tertiary/aromatic N) is 1. The van der Waals surface area contributed by atoms with Crippen LogP contribution in [0.15, 0.2) is 65.8 Å². The van der Waals surface area contributed by atoms with Crippen molar-refractivity contribution in [1.29, 1.82) is 0 Å². The number of esters is 1. The Morgan fingerprint density at radius 2 is 1.73 bits per heavy atom. The Labute approximate surface area is 172 Å². The smallest absolute Gasteiger partial charge is 0.410 e. The third-order valence-electron chi connectivity index (χ3n) is 4.07. The van der Waals surface area contributed by atoms with Crippen LogP contribution < -0.4 is 0 Å². The van der Waals surface area contributed by atoms with Crippen molar-refractivity contribution in [1.82, 2.24) is 0 Å². The standard InChI is InChI=1S/C22H22F3NO4/c1-15(17-9-5-4-6-10-17)30-26-16(2)29-14-18-11-7-8-12-19(18)20(21(27)28-3)13-22(23,24)25/h4-13,15H,14H2,1-3H3/b20-13+,26-16-. The van der Waals surface area contributed by atoms with Crippen molar-refractivity contribution >= 4 is 17.4 Å². The zero-order valence-corrected chi connectivity index (χ0v) is 16.8. The fourth-order valence-electron chi connectivity index (χ4n) is 2.58. The molecule has 0 aromatic heterocycles. The number of oxime groups is 1. The van der Waals surface area contributed by atoms with E-state index < -0.39 is 17.7 Å². The normalized spacial score (nSPS) is 13.5. The van der Waals surface area contributed by atoms with Crippen molar-refractivity contribution in [3.05, 3.63) is 77.4 Å². The van der Waals surface area contributed by atoms with Crippen LogP contribution in [-0.4, -0.2) is 25.2 Å². The molecule has 0 aliphatic rings. The molecule has 0 aliphatic heterocycles. The van der Waals surface area contributed by atoms with Crippen molar-refractivity contribution in [2.75, 3.05) is 7.11 Å². The van der Waals surface area contributed by atoms with Crippen LogP contribution in [0.1, 0.15) is 36.6 Å². The van der Waals surface area contributed by atoms with Gasteiger partial charge in [-0.1, -0.05) is 59.8 Å². The number of rotatable bonds is 7. The van der Waals surface area contributed by atoms with E-state index in [9.17, 15) is 18.0 Å². The molecular weight excluding hydrogens is 399 g/mol.